The van der Waals surface area contributed by atoms with Crippen LogP contribution in [0.4, 0.5) is 0 Å². The van der Waals surface area contributed by atoms with Crippen LogP contribution in [0.15, 0.2) is 0 Å². The molecule has 4 heteroatoms. The number of aryl methyl sites for hydroxylation is 2. The first-order valence-electron chi connectivity index (χ1n) is 4.78. The number of hydrogen-bond donors (Lipinski definition) is 0. The standard InChI is InChI=1S/C10H17ClN2O/c1-7(2)5-14-6-9-8(3)12-13(4)10(9)11/h7H,5-6H2,1-4H3. The first kappa shape index (κ1) is 11.5. The molecule has 0 bridgehead atoms. The van der Waals surface area contributed by atoms with Crippen LogP contribution in [0.25, 0.3) is 0 Å². The summed E-state index contributed by atoms with van der Waals surface area (Å²) in [6, 6.07) is 0. The Bertz CT molecular complexity index is 307. The molecule has 0 aromatic carbocycles. The molecular formula is C10H17ClN2O. The summed E-state index contributed by atoms with van der Waals surface area (Å²) in [5, 5.41) is 4.89. The van der Waals surface area contributed by atoms with Crippen LogP contribution >= 0.6 is 11.6 Å². The highest BCUT2D eigenvalue weighted by Crippen LogP contribution is 2.19. The van der Waals surface area contributed by atoms with Crippen molar-refractivity contribution < 1.29 is 4.74 Å². The van der Waals surface area contributed by atoms with Crippen molar-refractivity contribution in [2.45, 2.75) is 27.4 Å². The minimum Gasteiger partial charge on any atom is -0.376 e. The van der Waals surface area contributed by atoms with Crippen LogP contribution in [0.1, 0.15) is 25.1 Å². The summed E-state index contributed by atoms with van der Waals surface area (Å²) in [7, 11) is 1.83. The molecule has 0 aliphatic rings. The molecule has 0 unspecified atom stereocenters. The Balaban J connectivity index is 2.58. The molecule has 14 heavy (non-hydrogen) atoms. The molecule has 1 rings (SSSR count). The normalized spacial score (nSPS) is 11.3. The minimum atomic E-state index is 0.547. The van der Waals surface area contributed by atoms with Gasteiger partial charge in [0.25, 0.3) is 0 Å². The highest BCUT2D eigenvalue weighted by molar-refractivity contribution is 6.30. The third-order valence-electron chi connectivity index (χ3n) is 1.97. The van der Waals surface area contributed by atoms with Crippen molar-refractivity contribution in [2.75, 3.05) is 6.61 Å². The van der Waals surface area contributed by atoms with Gasteiger partial charge in [0, 0.05) is 19.2 Å². The molecule has 3 nitrogen and oxygen atoms in total. The summed E-state index contributed by atoms with van der Waals surface area (Å²) in [6.45, 7) is 7.50. The van der Waals surface area contributed by atoms with E-state index >= 15 is 0 Å². The Kier molecular flexibility index (Phi) is 3.96. The third kappa shape index (κ3) is 2.72. The summed E-state index contributed by atoms with van der Waals surface area (Å²) in [6.07, 6.45) is 0. The molecule has 0 fully saturated rings. The fourth-order valence-corrected chi connectivity index (χ4v) is 1.46. The van der Waals surface area contributed by atoms with E-state index in [1.165, 1.54) is 0 Å². The summed E-state index contributed by atoms with van der Waals surface area (Å²) in [5.41, 5.74) is 1.94. The van der Waals surface area contributed by atoms with Crippen molar-refractivity contribution in [3.63, 3.8) is 0 Å². The van der Waals surface area contributed by atoms with Gasteiger partial charge in [-0.2, -0.15) is 5.10 Å². The summed E-state index contributed by atoms with van der Waals surface area (Å²) >= 11 is 6.05. The molecule has 0 amide bonds. The predicted molar refractivity (Wildman–Crippen MR) is 57.4 cm³/mol. The fourth-order valence-electron chi connectivity index (χ4n) is 1.23. The smallest absolute Gasteiger partial charge is 0.132 e. The van der Waals surface area contributed by atoms with E-state index in [2.05, 4.69) is 18.9 Å². The first-order valence-corrected chi connectivity index (χ1v) is 5.16. The van der Waals surface area contributed by atoms with Crippen molar-refractivity contribution in [2.24, 2.45) is 13.0 Å². The average molecular weight is 217 g/mol. The number of rotatable bonds is 4. The minimum absolute atomic E-state index is 0.547. The molecule has 0 radical (unpaired) electrons. The van der Waals surface area contributed by atoms with E-state index in [4.69, 9.17) is 16.3 Å². The second-order valence-corrected chi connectivity index (χ2v) is 4.25. The fraction of sp³-hybridized carbons (Fsp3) is 0.700. The zero-order valence-electron chi connectivity index (χ0n) is 9.17. The SMILES string of the molecule is Cc1nn(C)c(Cl)c1COCC(C)C. The van der Waals surface area contributed by atoms with Gasteiger partial charge in [0.05, 0.1) is 12.3 Å². The maximum atomic E-state index is 6.05. The maximum Gasteiger partial charge on any atom is 0.132 e. The van der Waals surface area contributed by atoms with Crippen LogP contribution in [-0.4, -0.2) is 16.4 Å². The van der Waals surface area contributed by atoms with Crippen molar-refractivity contribution in [3.8, 4) is 0 Å². The molecule has 0 atom stereocenters. The second-order valence-electron chi connectivity index (χ2n) is 3.89. The summed E-state index contributed by atoms with van der Waals surface area (Å²) < 4.78 is 7.19. The van der Waals surface area contributed by atoms with Gasteiger partial charge in [-0.05, 0) is 12.8 Å². The zero-order valence-corrected chi connectivity index (χ0v) is 9.93. The van der Waals surface area contributed by atoms with E-state index in [0.717, 1.165) is 17.9 Å². The number of ether oxygens (including phenoxy) is 1. The Hall–Kier alpha value is -0.540. The van der Waals surface area contributed by atoms with Crippen molar-refractivity contribution in [3.05, 3.63) is 16.4 Å². The van der Waals surface area contributed by atoms with Gasteiger partial charge >= 0.3 is 0 Å². The van der Waals surface area contributed by atoms with Gasteiger partial charge < -0.3 is 4.74 Å². The quantitative estimate of drug-likeness (QED) is 0.774. The molecule has 0 aliphatic carbocycles. The predicted octanol–water partition coefficient (Wildman–Crippen LogP) is 2.55. The van der Waals surface area contributed by atoms with Crippen LogP contribution in [0.5, 0.6) is 0 Å². The molecule has 0 saturated heterocycles. The largest absolute Gasteiger partial charge is 0.376 e. The van der Waals surface area contributed by atoms with Crippen LogP contribution in [0.3, 0.4) is 0 Å². The van der Waals surface area contributed by atoms with Crippen LogP contribution in [-0.2, 0) is 18.4 Å². The van der Waals surface area contributed by atoms with Gasteiger partial charge in [0.2, 0.25) is 0 Å². The summed E-state index contributed by atoms with van der Waals surface area (Å²) in [4.78, 5) is 0. The molecule has 0 N–H and O–H groups in total. The van der Waals surface area contributed by atoms with Gasteiger partial charge in [-0.1, -0.05) is 25.4 Å². The lowest BCUT2D eigenvalue weighted by atomic mass is 10.2. The molecular weight excluding hydrogens is 200 g/mol. The van der Waals surface area contributed by atoms with Gasteiger partial charge in [0.15, 0.2) is 0 Å². The zero-order chi connectivity index (χ0) is 10.7. The number of hydrogen-bond acceptors (Lipinski definition) is 2. The van der Waals surface area contributed by atoms with Crippen molar-refractivity contribution in [1.82, 2.24) is 9.78 Å². The third-order valence-corrected chi connectivity index (χ3v) is 2.44. The van der Waals surface area contributed by atoms with E-state index in [1.807, 2.05) is 14.0 Å². The van der Waals surface area contributed by atoms with E-state index in [-0.39, 0.29) is 0 Å². The van der Waals surface area contributed by atoms with E-state index in [9.17, 15) is 0 Å². The molecule has 0 spiro atoms. The Morgan fingerprint density at radius 2 is 2.14 bits per heavy atom. The Morgan fingerprint density at radius 1 is 1.50 bits per heavy atom. The Morgan fingerprint density at radius 3 is 2.57 bits per heavy atom. The van der Waals surface area contributed by atoms with Gasteiger partial charge in [0.1, 0.15) is 5.15 Å². The number of nitrogens with zero attached hydrogens (tertiary/aromatic N) is 2. The summed E-state index contributed by atoms with van der Waals surface area (Å²) in [5.74, 6) is 0.547. The van der Waals surface area contributed by atoms with E-state index in [0.29, 0.717) is 17.7 Å². The second kappa shape index (κ2) is 4.80. The lowest BCUT2D eigenvalue weighted by molar-refractivity contribution is 0.0968. The van der Waals surface area contributed by atoms with Gasteiger partial charge in [-0.3, -0.25) is 4.68 Å². The lowest BCUT2D eigenvalue weighted by Gasteiger charge is -2.06. The van der Waals surface area contributed by atoms with Crippen LogP contribution < -0.4 is 0 Å². The van der Waals surface area contributed by atoms with Crippen LogP contribution in [0.2, 0.25) is 5.15 Å². The molecule has 1 heterocycles. The average Bonchev–Trinajstić information content (AvgIpc) is 2.31. The van der Waals surface area contributed by atoms with E-state index < -0.39 is 0 Å². The molecule has 1 aromatic rings. The number of halogens is 1. The molecule has 0 saturated carbocycles. The molecule has 0 aliphatic heterocycles. The van der Waals surface area contributed by atoms with Gasteiger partial charge in [-0.15, -0.1) is 0 Å². The topological polar surface area (TPSA) is 27.1 Å². The highest BCUT2D eigenvalue weighted by Gasteiger charge is 2.10. The Labute approximate surface area is 90.0 Å². The van der Waals surface area contributed by atoms with Gasteiger partial charge in [-0.25, -0.2) is 0 Å². The molecule has 1 aromatic heterocycles. The lowest BCUT2D eigenvalue weighted by Crippen LogP contribution is -2.02. The maximum absolute atomic E-state index is 6.05. The first-order chi connectivity index (χ1) is 6.52. The van der Waals surface area contributed by atoms with Crippen LogP contribution in [0, 0.1) is 12.8 Å². The van der Waals surface area contributed by atoms with E-state index in [1.54, 1.807) is 4.68 Å². The monoisotopic (exact) mass is 216 g/mol. The molecule has 80 valence electrons. The number of aromatic nitrogens is 2. The van der Waals surface area contributed by atoms with Crippen molar-refractivity contribution in [1.29, 1.82) is 0 Å². The highest BCUT2D eigenvalue weighted by atomic mass is 35.5. The van der Waals surface area contributed by atoms with Crippen molar-refractivity contribution >= 4 is 11.6 Å².